The molecule has 90 valence electrons. The van der Waals surface area contributed by atoms with Crippen LogP contribution in [-0.4, -0.2) is 11.3 Å². The monoisotopic (exact) mass is 231 g/mol. The first-order valence-electron chi connectivity index (χ1n) is 6.20. The molecule has 1 amide bonds. The normalized spacial score (nSPS) is 10.7. The van der Waals surface area contributed by atoms with E-state index >= 15 is 0 Å². The van der Waals surface area contributed by atoms with Gasteiger partial charge in [-0.3, -0.25) is 4.79 Å². The van der Waals surface area contributed by atoms with E-state index in [-0.39, 0.29) is 5.24 Å². The zero-order valence-electron chi connectivity index (χ0n) is 10.1. The second kappa shape index (κ2) is 10.3. The quantitative estimate of drug-likeness (QED) is 0.453. The molecule has 0 aliphatic carbocycles. The molecule has 0 aromatic carbocycles. The van der Waals surface area contributed by atoms with Crippen molar-refractivity contribution >= 4 is 17.9 Å². The second-order valence-electron chi connectivity index (χ2n) is 4.14. The van der Waals surface area contributed by atoms with Crippen LogP contribution in [0.5, 0.6) is 0 Å². The minimum absolute atomic E-state index is 0.187. The maximum Gasteiger partial charge on any atom is 0.276 e. The van der Waals surface area contributed by atoms with Crippen LogP contribution in [0.2, 0.25) is 0 Å². The van der Waals surface area contributed by atoms with Gasteiger partial charge in [0.2, 0.25) is 0 Å². The molecule has 0 saturated carbocycles. The highest BCUT2D eigenvalue weighted by atomic mass is 32.1. The van der Waals surface area contributed by atoms with Crippen molar-refractivity contribution < 1.29 is 4.79 Å². The minimum atomic E-state index is -0.187. The third-order valence-corrected chi connectivity index (χ3v) is 2.77. The van der Waals surface area contributed by atoms with Crippen molar-refractivity contribution in [3.05, 3.63) is 0 Å². The zero-order chi connectivity index (χ0) is 11.5. The maximum atomic E-state index is 10.9. The van der Waals surface area contributed by atoms with Crippen molar-refractivity contribution in [3.8, 4) is 0 Å². The summed E-state index contributed by atoms with van der Waals surface area (Å²) in [5, 5.41) is 2.74. The first-order chi connectivity index (χ1) is 7.20. The van der Waals surface area contributed by atoms with Crippen LogP contribution in [0, 0.1) is 0 Å². The van der Waals surface area contributed by atoms with E-state index < -0.39 is 0 Å². The second-order valence-corrected chi connectivity index (χ2v) is 4.54. The Morgan fingerprint density at radius 2 is 1.53 bits per heavy atom. The highest BCUT2D eigenvalue weighted by molar-refractivity contribution is 7.96. The molecule has 0 aromatic rings. The average molecular weight is 231 g/mol. The van der Waals surface area contributed by atoms with Gasteiger partial charge >= 0.3 is 0 Å². The number of hydrogen-bond donors (Lipinski definition) is 2. The Kier molecular flexibility index (Phi) is 10.2. The van der Waals surface area contributed by atoms with Crippen LogP contribution in [0.25, 0.3) is 0 Å². The molecule has 1 N–H and O–H groups in total. The lowest BCUT2D eigenvalue weighted by atomic mass is 10.0. The smallest absolute Gasteiger partial charge is 0.276 e. The highest BCUT2D eigenvalue weighted by Crippen LogP contribution is 2.11. The van der Waals surface area contributed by atoms with Crippen molar-refractivity contribution in [1.29, 1.82) is 0 Å². The molecule has 0 heterocycles. The molecule has 0 spiro atoms. The molecule has 15 heavy (non-hydrogen) atoms. The van der Waals surface area contributed by atoms with Crippen LogP contribution < -0.4 is 5.32 Å². The van der Waals surface area contributed by atoms with E-state index in [1.165, 1.54) is 38.5 Å². The summed E-state index contributed by atoms with van der Waals surface area (Å²) in [5.74, 6) is 0. The lowest BCUT2D eigenvalue weighted by Gasteiger charge is -2.17. The number of unbranched alkanes of at least 4 members (excludes halogenated alkanes) is 4. The van der Waals surface area contributed by atoms with E-state index in [2.05, 4.69) is 31.8 Å². The van der Waals surface area contributed by atoms with Crippen molar-refractivity contribution in [2.45, 2.75) is 71.3 Å². The van der Waals surface area contributed by atoms with E-state index in [0.717, 1.165) is 12.8 Å². The maximum absolute atomic E-state index is 10.9. The summed E-state index contributed by atoms with van der Waals surface area (Å²) in [7, 11) is 0. The molecule has 0 fully saturated rings. The van der Waals surface area contributed by atoms with Gasteiger partial charge in [0, 0.05) is 6.04 Å². The summed E-state index contributed by atoms with van der Waals surface area (Å²) in [6.45, 7) is 4.40. The first-order valence-corrected chi connectivity index (χ1v) is 6.64. The van der Waals surface area contributed by atoms with Gasteiger partial charge in [0.1, 0.15) is 0 Å². The topological polar surface area (TPSA) is 29.1 Å². The molecule has 0 bridgehead atoms. The van der Waals surface area contributed by atoms with E-state index in [0.29, 0.717) is 6.04 Å². The molecule has 0 aliphatic rings. The SMILES string of the molecule is CCCCCC(CCCCC)NC(=O)S. The lowest BCUT2D eigenvalue weighted by molar-refractivity contribution is 0.255. The Morgan fingerprint density at radius 1 is 1.07 bits per heavy atom. The fourth-order valence-electron chi connectivity index (χ4n) is 1.74. The minimum Gasteiger partial charge on any atom is -0.344 e. The molecule has 0 radical (unpaired) electrons. The molecule has 3 heteroatoms. The van der Waals surface area contributed by atoms with Crippen LogP contribution >= 0.6 is 12.6 Å². The number of nitrogens with one attached hydrogen (secondary N) is 1. The predicted octanol–water partition coefficient (Wildman–Crippen LogP) is 4.16. The van der Waals surface area contributed by atoms with Crippen LogP contribution in [0.4, 0.5) is 4.79 Å². The Labute approximate surface area is 99.6 Å². The summed E-state index contributed by atoms with van der Waals surface area (Å²) in [6, 6.07) is 0.341. The summed E-state index contributed by atoms with van der Waals surface area (Å²) >= 11 is 3.78. The van der Waals surface area contributed by atoms with Gasteiger partial charge in [0.25, 0.3) is 5.24 Å². The van der Waals surface area contributed by atoms with Gasteiger partial charge in [0.15, 0.2) is 0 Å². The number of hydrogen-bond acceptors (Lipinski definition) is 1. The lowest BCUT2D eigenvalue weighted by Crippen LogP contribution is -2.31. The third kappa shape index (κ3) is 10.1. The summed E-state index contributed by atoms with van der Waals surface area (Å²) in [6.07, 6.45) is 9.60. The summed E-state index contributed by atoms with van der Waals surface area (Å²) < 4.78 is 0. The highest BCUT2D eigenvalue weighted by Gasteiger charge is 2.09. The Balaban J connectivity index is 3.68. The Hall–Kier alpha value is -0.180. The van der Waals surface area contributed by atoms with Crippen LogP contribution in [-0.2, 0) is 0 Å². The molecule has 0 aliphatic heterocycles. The zero-order valence-corrected chi connectivity index (χ0v) is 11.0. The fourth-order valence-corrected chi connectivity index (χ4v) is 1.93. The summed E-state index contributed by atoms with van der Waals surface area (Å²) in [4.78, 5) is 10.9. The van der Waals surface area contributed by atoms with Gasteiger partial charge in [-0.15, -0.1) is 0 Å². The van der Waals surface area contributed by atoms with Crippen molar-refractivity contribution in [1.82, 2.24) is 5.32 Å². The molecule has 0 rings (SSSR count). The average Bonchev–Trinajstić information content (AvgIpc) is 2.17. The number of rotatable bonds is 9. The van der Waals surface area contributed by atoms with Crippen molar-refractivity contribution in [3.63, 3.8) is 0 Å². The summed E-state index contributed by atoms with van der Waals surface area (Å²) in [5.41, 5.74) is 0. The molecule has 0 atom stereocenters. The predicted molar refractivity (Wildman–Crippen MR) is 69.6 cm³/mol. The molecule has 0 saturated heterocycles. The molecule has 0 unspecified atom stereocenters. The van der Waals surface area contributed by atoms with E-state index in [9.17, 15) is 4.79 Å². The van der Waals surface area contributed by atoms with E-state index in [1.54, 1.807) is 0 Å². The van der Waals surface area contributed by atoms with Crippen molar-refractivity contribution in [2.75, 3.05) is 0 Å². The molecule has 0 aromatic heterocycles. The van der Waals surface area contributed by atoms with E-state index in [1.807, 2.05) is 0 Å². The standard InChI is InChI=1S/C12H25NOS/c1-3-5-7-9-11(13-12(14)15)10-8-6-4-2/h11H,3-10H2,1-2H3,(H2,13,14,15). The first kappa shape index (κ1) is 14.8. The number of carbonyl (C=O) groups excluding carboxylic acids is 1. The van der Waals surface area contributed by atoms with Crippen LogP contribution in [0.15, 0.2) is 0 Å². The molecular weight excluding hydrogens is 206 g/mol. The molecular formula is C12H25NOS. The number of thiol groups is 1. The number of carbonyl (C=O) groups is 1. The third-order valence-electron chi connectivity index (χ3n) is 2.64. The van der Waals surface area contributed by atoms with E-state index in [4.69, 9.17) is 0 Å². The van der Waals surface area contributed by atoms with Gasteiger partial charge < -0.3 is 5.32 Å². The van der Waals surface area contributed by atoms with Gasteiger partial charge in [-0.25, -0.2) is 0 Å². The van der Waals surface area contributed by atoms with Gasteiger partial charge in [-0.1, -0.05) is 65.0 Å². The Bertz CT molecular complexity index is 152. The largest absolute Gasteiger partial charge is 0.344 e. The van der Waals surface area contributed by atoms with Gasteiger partial charge in [-0.2, -0.15) is 0 Å². The fraction of sp³-hybridized carbons (Fsp3) is 0.917. The Morgan fingerprint density at radius 3 is 1.87 bits per heavy atom. The van der Waals surface area contributed by atoms with Crippen molar-refractivity contribution in [2.24, 2.45) is 0 Å². The molecule has 2 nitrogen and oxygen atoms in total. The van der Waals surface area contributed by atoms with Crippen LogP contribution in [0.3, 0.4) is 0 Å². The van der Waals surface area contributed by atoms with Gasteiger partial charge in [-0.05, 0) is 12.8 Å². The van der Waals surface area contributed by atoms with Gasteiger partial charge in [0.05, 0.1) is 0 Å². The number of amides is 1. The van der Waals surface area contributed by atoms with Crippen LogP contribution in [0.1, 0.15) is 65.2 Å².